The quantitative estimate of drug-likeness (QED) is 0.279. The second kappa shape index (κ2) is 8.76. The maximum Gasteiger partial charge on any atom is 0.0346 e. The molecule has 160 valence electrons. The number of fused-ring (bicyclic) bond motifs is 1. The van der Waals surface area contributed by atoms with Crippen LogP contribution in [-0.4, -0.2) is 9.97 Å². The predicted octanol–water partition coefficient (Wildman–Crippen LogP) is 8.30. The smallest absolute Gasteiger partial charge is 0.0346 e. The second-order valence-corrected chi connectivity index (χ2v) is 8.36. The summed E-state index contributed by atoms with van der Waals surface area (Å²) >= 11 is 0. The van der Waals surface area contributed by atoms with Gasteiger partial charge in [0.05, 0.1) is 0 Å². The van der Waals surface area contributed by atoms with Gasteiger partial charge in [-0.3, -0.25) is 9.97 Å². The zero-order valence-electron chi connectivity index (χ0n) is 18.6. The first-order chi connectivity index (χ1) is 16.9. The average Bonchev–Trinajstić information content (AvgIpc) is 2.94. The van der Waals surface area contributed by atoms with E-state index < -0.39 is 0 Å². The minimum Gasteiger partial charge on any atom is -0.264 e. The maximum absolute atomic E-state index is 4.37. The first kappa shape index (κ1) is 20.1. The van der Waals surface area contributed by atoms with Crippen molar-refractivity contribution in [1.82, 2.24) is 9.97 Å². The van der Waals surface area contributed by atoms with Crippen LogP contribution in [0.3, 0.4) is 0 Å². The van der Waals surface area contributed by atoms with Crippen molar-refractivity contribution in [2.24, 2.45) is 0 Å². The van der Waals surface area contributed by atoms with Gasteiger partial charge in [0.15, 0.2) is 0 Å². The van der Waals surface area contributed by atoms with Crippen molar-refractivity contribution in [3.63, 3.8) is 0 Å². The highest BCUT2D eigenvalue weighted by Gasteiger charge is 2.14. The fourth-order valence-electron chi connectivity index (χ4n) is 4.58. The van der Waals surface area contributed by atoms with Gasteiger partial charge < -0.3 is 0 Å². The first-order valence-electron chi connectivity index (χ1n) is 11.4. The lowest BCUT2D eigenvalue weighted by Crippen LogP contribution is -1.91. The molecule has 0 fully saturated rings. The van der Waals surface area contributed by atoms with E-state index in [9.17, 15) is 0 Å². The van der Waals surface area contributed by atoms with Gasteiger partial charge in [-0.2, -0.15) is 0 Å². The first-order valence-corrected chi connectivity index (χ1v) is 11.4. The molecule has 0 radical (unpaired) electrons. The molecule has 0 atom stereocenters. The van der Waals surface area contributed by atoms with Gasteiger partial charge in [-0.1, -0.05) is 72.8 Å². The molecule has 0 bridgehead atoms. The molecule has 34 heavy (non-hydrogen) atoms. The monoisotopic (exact) mass is 434 g/mol. The molecular weight excluding hydrogens is 412 g/mol. The molecule has 4 aromatic carbocycles. The molecule has 0 saturated carbocycles. The highest BCUT2D eigenvalue weighted by Crippen LogP contribution is 2.41. The molecule has 6 rings (SSSR count). The minimum absolute atomic E-state index is 1.11. The van der Waals surface area contributed by atoms with Crippen molar-refractivity contribution in [1.29, 1.82) is 0 Å². The van der Waals surface area contributed by atoms with Crippen LogP contribution in [0.5, 0.6) is 0 Å². The molecule has 2 heteroatoms. The Kier molecular flexibility index (Phi) is 5.17. The van der Waals surface area contributed by atoms with Gasteiger partial charge in [-0.05, 0) is 80.6 Å². The van der Waals surface area contributed by atoms with Crippen LogP contribution in [0, 0.1) is 0 Å². The van der Waals surface area contributed by atoms with Crippen molar-refractivity contribution in [2.45, 2.75) is 0 Å². The fourth-order valence-corrected chi connectivity index (χ4v) is 4.58. The van der Waals surface area contributed by atoms with Gasteiger partial charge in [-0.25, -0.2) is 0 Å². The fraction of sp³-hybridized carbons (Fsp3) is 0. The van der Waals surface area contributed by atoms with Crippen LogP contribution < -0.4 is 0 Å². The Morgan fingerprint density at radius 3 is 1.15 bits per heavy atom. The highest BCUT2D eigenvalue weighted by molar-refractivity contribution is 6.09. The molecule has 2 heterocycles. The molecule has 0 aliphatic carbocycles. The van der Waals surface area contributed by atoms with Gasteiger partial charge >= 0.3 is 0 Å². The predicted molar refractivity (Wildman–Crippen MR) is 141 cm³/mol. The average molecular weight is 435 g/mol. The van der Waals surface area contributed by atoms with Crippen LogP contribution in [0.1, 0.15) is 0 Å². The summed E-state index contributed by atoms with van der Waals surface area (Å²) in [6, 6.07) is 38.6. The third-order valence-corrected chi connectivity index (χ3v) is 6.23. The molecule has 0 amide bonds. The van der Waals surface area contributed by atoms with Crippen LogP contribution >= 0.6 is 0 Å². The normalized spacial score (nSPS) is 10.9. The molecule has 2 nitrogen and oxygen atoms in total. The standard InChI is InChI=1S/C32H22N2/c1-3-9-23(10-4-1)29-17-27(25-13-7-15-33-21-25)20-32-30(24-11-5-2-6-12-24)18-28(19-31(29)32)26-14-8-16-34-22-26/h1-22H. The van der Waals surface area contributed by atoms with E-state index in [0.717, 1.165) is 22.3 Å². The van der Waals surface area contributed by atoms with Crippen molar-refractivity contribution < 1.29 is 0 Å². The van der Waals surface area contributed by atoms with Crippen molar-refractivity contribution in [3.05, 3.63) is 134 Å². The largest absolute Gasteiger partial charge is 0.264 e. The molecule has 0 saturated heterocycles. The van der Waals surface area contributed by atoms with Crippen LogP contribution in [0.25, 0.3) is 55.3 Å². The zero-order chi connectivity index (χ0) is 22.7. The molecular formula is C32H22N2. The molecule has 0 aliphatic rings. The Bertz CT molecular complexity index is 1440. The summed E-state index contributed by atoms with van der Waals surface area (Å²) < 4.78 is 0. The number of rotatable bonds is 4. The summed E-state index contributed by atoms with van der Waals surface area (Å²) in [6.07, 6.45) is 7.50. The molecule has 2 aromatic heterocycles. The summed E-state index contributed by atoms with van der Waals surface area (Å²) in [5, 5.41) is 2.44. The lowest BCUT2D eigenvalue weighted by molar-refractivity contribution is 1.33. The number of nitrogens with zero attached hydrogens (tertiary/aromatic N) is 2. The second-order valence-electron chi connectivity index (χ2n) is 8.36. The number of benzene rings is 4. The summed E-state index contributed by atoms with van der Waals surface area (Å²) in [5.41, 5.74) is 9.34. The Morgan fingerprint density at radius 2 is 0.765 bits per heavy atom. The Labute approximate surface area is 199 Å². The maximum atomic E-state index is 4.37. The van der Waals surface area contributed by atoms with Gasteiger partial charge in [0.2, 0.25) is 0 Å². The SMILES string of the molecule is c1ccc(-c2cc(-c3cccnc3)cc3c(-c4ccccc4)cc(-c4cccnc4)cc23)cc1. The number of pyridine rings is 2. The Balaban J connectivity index is 1.73. The van der Waals surface area contributed by atoms with Crippen molar-refractivity contribution in [3.8, 4) is 44.5 Å². The van der Waals surface area contributed by atoms with E-state index in [4.69, 9.17) is 0 Å². The Morgan fingerprint density at radius 1 is 0.353 bits per heavy atom. The van der Waals surface area contributed by atoms with Crippen LogP contribution in [-0.2, 0) is 0 Å². The van der Waals surface area contributed by atoms with E-state index in [1.54, 1.807) is 0 Å². The number of hydrogen-bond acceptors (Lipinski definition) is 2. The number of hydrogen-bond donors (Lipinski definition) is 0. The lowest BCUT2D eigenvalue weighted by Gasteiger charge is -2.17. The van der Waals surface area contributed by atoms with E-state index in [-0.39, 0.29) is 0 Å². The number of aromatic nitrogens is 2. The van der Waals surface area contributed by atoms with E-state index in [0.29, 0.717) is 0 Å². The van der Waals surface area contributed by atoms with Crippen molar-refractivity contribution >= 4 is 10.8 Å². The van der Waals surface area contributed by atoms with E-state index in [1.807, 2.05) is 36.9 Å². The van der Waals surface area contributed by atoms with Crippen molar-refractivity contribution in [2.75, 3.05) is 0 Å². The lowest BCUT2D eigenvalue weighted by atomic mass is 9.87. The molecule has 0 N–H and O–H groups in total. The van der Waals surface area contributed by atoms with Gasteiger partial charge in [0.25, 0.3) is 0 Å². The third kappa shape index (κ3) is 3.76. The van der Waals surface area contributed by atoms with Gasteiger partial charge in [0.1, 0.15) is 0 Å². The molecule has 0 spiro atoms. The minimum atomic E-state index is 1.11. The van der Waals surface area contributed by atoms with Crippen LogP contribution in [0.15, 0.2) is 134 Å². The van der Waals surface area contributed by atoms with Crippen LogP contribution in [0.2, 0.25) is 0 Å². The van der Waals surface area contributed by atoms with Crippen LogP contribution in [0.4, 0.5) is 0 Å². The van der Waals surface area contributed by atoms with E-state index in [1.165, 1.54) is 33.0 Å². The summed E-state index contributed by atoms with van der Waals surface area (Å²) in [5.74, 6) is 0. The zero-order valence-corrected chi connectivity index (χ0v) is 18.6. The van der Waals surface area contributed by atoms with Gasteiger partial charge in [-0.15, -0.1) is 0 Å². The highest BCUT2D eigenvalue weighted by atomic mass is 14.6. The molecule has 6 aromatic rings. The topological polar surface area (TPSA) is 25.8 Å². The molecule has 0 unspecified atom stereocenters. The Hall–Kier alpha value is -4.56. The third-order valence-electron chi connectivity index (χ3n) is 6.23. The van der Waals surface area contributed by atoms with E-state index >= 15 is 0 Å². The summed E-state index contributed by atoms with van der Waals surface area (Å²) in [6.45, 7) is 0. The summed E-state index contributed by atoms with van der Waals surface area (Å²) in [7, 11) is 0. The van der Waals surface area contributed by atoms with E-state index in [2.05, 4.69) is 107 Å². The van der Waals surface area contributed by atoms with Gasteiger partial charge in [0, 0.05) is 35.9 Å². The summed E-state index contributed by atoms with van der Waals surface area (Å²) in [4.78, 5) is 8.74. The molecule has 0 aliphatic heterocycles.